The van der Waals surface area contributed by atoms with E-state index in [4.69, 9.17) is 0 Å². The maximum Gasteiger partial charge on any atom is 0.261 e. The summed E-state index contributed by atoms with van der Waals surface area (Å²) in [7, 11) is 1.85. The normalized spacial score (nSPS) is 20.6. The number of allylic oxidation sites excluding steroid dienone is 1. The highest BCUT2D eigenvalue weighted by Gasteiger charge is 2.34. The van der Waals surface area contributed by atoms with Crippen molar-refractivity contribution in [3.8, 4) is 0 Å². The van der Waals surface area contributed by atoms with E-state index in [1.165, 1.54) is 16.7 Å². The van der Waals surface area contributed by atoms with Crippen molar-refractivity contribution in [2.24, 2.45) is 28.9 Å². The summed E-state index contributed by atoms with van der Waals surface area (Å²) in [5, 5.41) is 8.22. The van der Waals surface area contributed by atoms with Gasteiger partial charge in [-0.25, -0.2) is 4.99 Å². The molecule has 0 spiro atoms. The Morgan fingerprint density at radius 1 is 1.39 bits per heavy atom. The lowest BCUT2D eigenvalue weighted by atomic mass is 10.1. The molecule has 4 rings (SSSR count). The Balaban J connectivity index is 1.31. The minimum atomic E-state index is -0.316. The van der Waals surface area contributed by atoms with E-state index < -0.39 is 0 Å². The Morgan fingerprint density at radius 3 is 3.00 bits per heavy atom. The van der Waals surface area contributed by atoms with E-state index in [1.54, 1.807) is 28.2 Å². The molecule has 1 unspecified atom stereocenters. The van der Waals surface area contributed by atoms with Crippen molar-refractivity contribution in [1.29, 1.82) is 0 Å². The van der Waals surface area contributed by atoms with Gasteiger partial charge in [0.1, 0.15) is 17.6 Å². The SMILES string of the molecule is CC(C)C1=CC2C(=O)N=C(CSCC(=O)Nc3c4c(nn3C)CSC4)N=C2S1. The Bertz CT molecular complexity index is 932. The van der Waals surface area contributed by atoms with Crippen molar-refractivity contribution in [3.05, 3.63) is 22.2 Å². The van der Waals surface area contributed by atoms with Crippen LogP contribution in [0.2, 0.25) is 0 Å². The Hall–Kier alpha value is -1.52. The summed E-state index contributed by atoms with van der Waals surface area (Å²) in [6.07, 6.45) is 1.97. The van der Waals surface area contributed by atoms with Gasteiger partial charge in [0, 0.05) is 24.1 Å². The van der Waals surface area contributed by atoms with Crippen LogP contribution in [0.3, 0.4) is 0 Å². The minimum absolute atomic E-state index is 0.0834. The summed E-state index contributed by atoms with van der Waals surface area (Å²) in [4.78, 5) is 34.4. The van der Waals surface area contributed by atoms with Gasteiger partial charge in [-0.1, -0.05) is 31.7 Å². The molecule has 3 aliphatic heterocycles. The molecule has 0 aromatic carbocycles. The number of aryl methyl sites for hydroxylation is 1. The zero-order chi connectivity index (χ0) is 19.8. The number of aliphatic imine (C=N–C) groups is 2. The van der Waals surface area contributed by atoms with Crippen LogP contribution in [0.5, 0.6) is 0 Å². The first-order chi connectivity index (χ1) is 13.4. The van der Waals surface area contributed by atoms with E-state index in [0.717, 1.165) is 33.6 Å². The Labute approximate surface area is 176 Å². The predicted octanol–water partition coefficient (Wildman–Crippen LogP) is 3.08. The third-order valence-corrected chi connectivity index (χ3v) is 7.87. The van der Waals surface area contributed by atoms with Gasteiger partial charge in [0.15, 0.2) is 0 Å². The number of amides is 2. The highest BCUT2D eigenvalue weighted by atomic mass is 32.2. The summed E-state index contributed by atoms with van der Waals surface area (Å²) >= 11 is 4.79. The molecular weight excluding hydrogens is 414 g/mol. The number of rotatable bonds is 6. The van der Waals surface area contributed by atoms with Crippen molar-refractivity contribution in [2.75, 3.05) is 16.8 Å². The highest BCUT2D eigenvalue weighted by Crippen LogP contribution is 2.39. The van der Waals surface area contributed by atoms with Crippen LogP contribution in [-0.4, -0.2) is 44.0 Å². The molecule has 1 N–H and O–H groups in total. The summed E-state index contributed by atoms with van der Waals surface area (Å²) in [5.41, 5.74) is 2.18. The molecule has 0 radical (unpaired) electrons. The summed E-state index contributed by atoms with van der Waals surface area (Å²) in [6, 6.07) is 0. The number of carbonyl (C=O) groups excluding carboxylic acids is 2. The fourth-order valence-corrected chi connectivity index (χ4v) is 5.98. The van der Waals surface area contributed by atoms with Gasteiger partial charge in [0.05, 0.1) is 22.2 Å². The lowest BCUT2D eigenvalue weighted by Crippen LogP contribution is -2.24. The number of hydrogen-bond acceptors (Lipinski definition) is 7. The number of nitrogens with one attached hydrogen (secondary N) is 1. The van der Waals surface area contributed by atoms with Gasteiger partial charge < -0.3 is 5.32 Å². The number of carbonyl (C=O) groups is 2. The van der Waals surface area contributed by atoms with Gasteiger partial charge >= 0.3 is 0 Å². The number of hydrogen-bond donors (Lipinski definition) is 1. The van der Waals surface area contributed by atoms with Crippen LogP contribution in [-0.2, 0) is 28.1 Å². The van der Waals surface area contributed by atoms with E-state index in [9.17, 15) is 9.59 Å². The van der Waals surface area contributed by atoms with Gasteiger partial charge in [-0.05, 0) is 10.8 Å². The largest absolute Gasteiger partial charge is 0.310 e. The van der Waals surface area contributed by atoms with E-state index in [2.05, 4.69) is 34.2 Å². The number of amidine groups is 1. The zero-order valence-corrected chi connectivity index (χ0v) is 18.3. The van der Waals surface area contributed by atoms with Crippen molar-refractivity contribution in [3.63, 3.8) is 0 Å². The van der Waals surface area contributed by atoms with Crippen molar-refractivity contribution >= 4 is 63.8 Å². The van der Waals surface area contributed by atoms with E-state index in [0.29, 0.717) is 17.5 Å². The molecule has 0 saturated carbocycles. The molecule has 0 saturated heterocycles. The maximum absolute atomic E-state index is 12.3. The van der Waals surface area contributed by atoms with Crippen molar-refractivity contribution < 1.29 is 9.59 Å². The molecule has 3 aliphatic rings. The lowest BCUT2D eigenvalue weighted by Gasteiger charge is -2.13. The average molecular weight is 436 g/mol. The van der Waals surface area contributed by atoms with Gasteiger partial charge in [-0.2, -0.15) is 21.9 Å². The lowest BCUT2D eigenvalue weighted by molar-refractivity contribution is -0.118. The summed E-state index contributed by atoms with van der Waals surface area (Å²) in [6.45, 7) is 4.21. The van der Waals surface area contributed by atoms with E-state index in [-0.39, 0.29) is 23.5 Å². The molecule has 148 valence electrons. The van der Waals surface area contributed by atoms with Crippen LogP contribution in [0.15, 0.2) is 21.0 Å². The molecular formula is C18H21N5O2S3. The second-order valence-corrected chi connectivity index (χ2v) is 10.1. The molecule has 0 fully saturated rings. The first-order valence-corrected chi connectivity index (χ1v) is 12.1. The van der Waals surface area contributed by atoms with Crippen LogP contribution in [0.1, 0.15) is 25.1 Å². The number of anilines is 1. The minimum Gasteiger partial charge on any atom is -0.310 e. The second kappa shape index (κ2) is 8.08. The molecule has 0 aliphatic carbocycles. The van der Waals surface area contributed by atoms with Crippen LogP contribution in [0, 0.1) is 11.8 Å². The van der Waals surface area contributed by atoms with Crippen LogP contribution >= 0.6 is 35.3 Å². The monoisotopic (exact) mass is 435 g/mol. The van der Waals surface area contributed by atoms with E-state index in [1.807, 2.05) is 13.1 Å². The number of nitrogens with zero attached hydrogens (tertiary/aromatic N) is 4. The zero-order valence-electron chi connectivity index (χ0n) is 15.9. The topological polar surface area (TPSA) is 88.7 Å². The van der Waals surface area contributed by atoms with Crippen molar-refractivity contribution in [1.82, 2.24) is 9.78 Å². The first-order valence-electron chi connectivity index (χ1n) is 9.02. The summed E-state index contributed by atoms with van der Waals surface area (Å²) < 4.78 is 1.74. The Kier molecular flexibility index (Phi) is 5.71. The number of aromatic nitrogens is 2. The number of thioether (sulfide) groups is 3. The molecule has 28 heavy (non-hydrogen) atoms. The molecule has 1 aromatic rings. The second-order valence-electron chi connectivity index (χ2n) is 7.05. The maximum atomic E-state index is 12.3. The van der Waals surface area contributed by atoms with Gasteiger partial charge in [0.25, 0.3) is 5.91 Å². The van der Waals surface area contributed by atoms with Crippen molar-refractivity contribution in [2.45, 2.75) is 25.4 Å². The summed E-state index contributed by atoms with van der Waals surface area (Å²) in [5.74, 6) is 3.59. The van der Waals surface area contributed by atoms with Gasteiger partial charge in [0.2, 0.25) is 5.91 Å². The molecule has 1 atom stereocenters. The molecule has 0 bridgehead atoms. The van der Waals surface area contributed by atoms with Crippen LogP contribution in [0.25, 0.3) is 0 Å². The third-order valence-electron chi connectivity index (χ3n) is 4.57. The molecule has 7 nitrogen and oxygen atoms in total. The standard InChI is InChI=1S/C18H21N5O2S3/c1-9(2)13-4-10-17(25)19-14(20-18(10)28-13)7-27-8-15(24)21-16-11-5-26-6-12(11)22-23(16)3/h4,9-10H,5-8H2,1-3H3,(H,21,24). The van der Waals surface area contributed by atoms with Crippen LogP contribution < -0.4 is 5.32 Å². The molecule has 10 heteroatoms. The highest BCUT2D eigenvalue weighted by molar-refractivity contribution is 8.17. The fraction of sp³-hybridized carbons (Fsp3) is 0.500. The molecule has 2 amide bonds. The fourth-order valence-electron chi connectivity index (χ4n) is 3.15. The predicted molar refractivity (Wildman–Crippen MR) is 118 cm³/mol. The van der Waals surface area contributed by atoms with Crippen LogP contribution in [0.4, 0.5) is 5.82 Å². The van der Waals surface area contributed by atoms with Gasteiger partial charge in [-0.3, -0.25) is 14.3 Å². The molecule has 4 heterocycles. The third kappa shape index (κ3) is 3.95. The average Bonchev–Trinajstić information content (AvgIpc) is 3.32. The number of fused-ring (bicyclic) bond motifs is 2. The Morgan fingerprint density at radius 2 is 2.21 bits per heavy atom. The molecule has 1 aromatic heterocycles. The van der Waals surface area contributed by atoms with Gasteiger partial charge in [-0.15, -0.1) is 11.8 Å². The quantitative estimate of drug-likeness (QED) is 0.739. The smallest absolute Gasteiger partial charge is 0.261 e. The first kappa shape index (κ1) is 19.8. The van der Waals surface area contributed by atoms with E-state index >= 15 is 0 Å².